The highest BCUT2D eigenvalue weighted by molar-refractivity contribution is 7.86. The zero-order chi connectivity index (χ0) is 19.7. The quantitative estimate of drug-likeness (QED) is 0.528. The molecule has 3 rings (SSSR count). The maximum Gasteiger partial charge on any atom is 0.264 e. The number of aromatic nitrogens is 1. The highest BCUT2D eigenvalue weighted by Gasteiger charge is 2.14. The summed E-state index contributed by atoms with van der Waals surface area (Å²) in [6.45, 7) is 0. The van der Waals surface area contributed by atoms with Crippen LogP contribution in [0.15, 0.2) is 30.3 Å². The summed E-state index contributed by atoms with van der Waals surface area (Å²) in [6, 6.07) is 9.74. The van der Waals surface area contributed by atoms with Crippen molar-refractivity contribution >= 4 is 52.6 Å². The molecule has 2 aromatic carbocycles. The van der Waals surface area contributed by atoms with Gasteiger partial charge in [-0.05, 0) is 36.3 Å². The number of hydrogen-bond donors (Lipinski definition) is 2. The summed E-state index contributed by atoms with van der Waals surface area (Å²) in [7, 11) is -8.00. The van der Waals surface area contributed by atoms with Crippen molar-refractivity contribution in [2.24, 2.45) is 0 Å². The molecule has 1 heterocycles. The van der Waals surface area contributed by atoms with E-state index < -0.39 is 20.2 Å². The molecule has 0 aliphatic carbocycles. The van der Waals surface area contributed by atoms with Crippen LogP contribution in [-0.2, 0) is 33.1 Å². The van der Waals surface area contributed by atoms with Crippen molar-refractivity contribution in [3.05, 3.63) is 40.9 Å². The van der Waals surface area contributed by atoms with Gasteiger partial charge >= 0.3 is 0 Å². The minimum absolute atomic E-state index is 0.272. The number of nitrogens with zero attached hydrogens (tertiary/aromatic N) is 1. The Kier molecular flexibility index (Phi) is 5.82. The van der Waals surface area contributed by atoms with Gasteiger partial charge in [-0.15, -0.1) is 11.3 Å². The van der Waals surface area contributed by atoms with Crippen LogP contribution in [-0.4, -0.2) is 42.4 Å². The summed E-state index contributed by atoms with van der Waals surface area (Å²) in [5, 5.41) is 2.73. The molecule has 0 fully saturated rings. The largest absolute Gasteiger partial charge is 0.286 e. The highest BCUT2D eigenvalue weighted by atomic mass is 32.2. The number of hydrogen-bond acceptors (Lipinski definition) is 6. The van der Waals surface area contributed by atoms with Crippen LogP contribution in [0.1, 0.15) is 23.4 Å². The fourth-order valence-electron chi connectivity index (χ4n) is 3.00. The zero-order valence-electron chi connectivity index (χ0n) is 14.3. The number of aryl methyl sites for hydroxylation is 2. The lowest BCUT2D eigenvalue weighted by molar-refractivity contribution is 0.479. The summed E-state index contributed by atoms with van der Waals surface area (Å²) in [5.41, 5.74) is 1.76. The average Bonchev–Trinajstić information content (AvgIpc) is 2.97. The first-order chi connectivity index (χ1) is 12.6. The van der Waals surface area contributed by atoms with Crippen LogP contribution >= 0.6 is 11.3 Å². The topological polar surface area (TPSA) is 122 Å². The SMILES string of the molecule is O=S(=O)(O)CCCc1nc2c(s1)c(CCCS(=O)(=O)O)cc1ccccc12. The Morgan fingerprint density at radius 1 is 0.926 bits per heavy atom. The Morgan fingerprint density at radius 2 is 1.56 bits per heavy atom. The monoisotopic (exact) mass is 429 g/mol. The summed E-state index contributed by atoms with van der Waals surface area (Å²) >= 11 is 1.45. The van der Waals surface area contributed by atoms with Gasteiger partial charge < -0.3 is 0 Å². The molecule has 0 amide bonds. The van der Waals surface area contributed by atoms with E-state index in [0.717, 1.165) is 31.6 Å². The predicted molar refractivity (Wildman–Crippen MR) is 107 cm³/mol. The molecule has 146 valence electrons. The van der Waals surface area contributed by atoms with Crippen molar-refractivity contribution in [2.75, 3.05) is 11.5 Å². The third-order valence-electron chi connectivity index (χ3n) is 4.15. The molecule has 2 N–H and O–H groups in total. The molecule has 0 unspecified atom stereocenters. The molecule has 3 aromatic rings. The van der Waals surface area contributed by atoms with Crippen LogP contribution in [0.2, 0.25) is 0 Å². The molecule has 0 saturated heterocycles. The first-order valence-electron chi connectivity index (χ1n) is 8.33. The van der Waals surface area contributed by atoms with Crippen molar-refractivity contribution in [3.8, 4) is 0 Å². The maximum absolute atomic E-state index is 11.0. The first-order valence-corrected chi connectivity index (χ1v) is 12.4. The van der Waals surface area contributed by atoms with Crippen LogP contribution in [0.25, 0.3) is 21.0 Å². The van der Waals surface area contributed by atoms with Crippen molar-refractivity contribution in [3.63, 3.8) is 0 Å². The second-order valence-corrected chi connectivity index (χ2v) is 10.5. The molecule has 0 bridgehead atoms. The molecule has 7 nitrogen and oxygen atoms in total. The molecular weight excluding hydrogens is 410 g/mol. The minimum atomic E-state index is -4.00. The van der Waals surface area contributed by atoms with E-state index in [0.29, 0.717) is 19.3 Å². The summed E-state index contributed by atoms with van der Waals surface area (Å²) < 4.78 is 62.5. The van der Waals surface area contributed by atoms with Gasteiger partial charge in [-0.3, -0.25) is 9.11 Å². The van der Waals surface area contributed by atoms with Crippen LogP contribution in [0.4, 0.5) is 0 Å². The van der Waals surface area contributed by atoms with Crippen LogP contribution in [0, 0.1) is 0 Å². The number of rotatable bonds is 8. The molecule has 0 atom stereocenters. The Bertz CT molecular complexity index is 1180. The van der Waals surface area contributed by atoms with Gasteiger partial charge in [-0.1, -0.05) is 24.3 Å². The Labute approximate surface area is 161 Å². The lowest BCUT2D eigenvalue weighted by Crippen LogP contribution is -2.04. The summed E-state index contributed by atoms with van der Waals surface area (Å²) in [4.78, 5) is 4.65. The summed E-state index contributed by atoms with van der Waals surface area (Å²) in [5.74, 6) is -0.619. The summed E-state index contributed by atoms with van der Waals surface area (Å²) in [6.07, 6.45) is 1.47. The van der Waals surface area contributed by atoms with E-state index in [1.54, 1.807) is 0 Å². The number of fused-ring (bicyclic) bond motifs is 3. The van der Waals surface area contributed by atoms with Crippen molar-refractivity contribution in [1.29, 1.82) is 0 Å². The molecule has 27 heavy (non-hydrogen) atoms. The average molecular weight is 430 g/mol. The molecule has 0 aliphatic heterocycles. The second-order valence-electron chi connectivity index (χ2n) is 6.32. The third-order valence-corrected chi connectivity index (χ3v) is 6.95. The van der Waals surface area contributed by atoms with Gasteiger partial charge in [-0.2, -0.15) is 16.8 Å². The van der Waals surface area contributed by atoms with Crippen molar-refractivity contribution < 1.29 is 25.9 Å². The van der Waals surface area contributed by atoms with Crippen LogP contribution in [0.5, 0.6) is 0 Å². The normalized spacial score (nSPS) is 12.8. The van der Waals surface area contributed by atoms with E-state index in [1.165, 1.54) is 11.3 Å². The van der Waals surface area contributed by atoms with Gasteiger partial charge in [0.05, 0.1) is 26.7 Å². The molecule has 0 spiro atoms. The van der Waals surface area contributed by atoms with Gasteiger partial charge in [0.25, 0.3) is 20.2 Å². The maximum atomic E-state index is 11.0. The van der Waals surface area contributed by atoms with Crippen molar-refractivity contribution in [1.82, 2.24) is 4.98 Å². The van der Waals surface area contributed by atoms with Crippen LogP contribution in [0.3, 0.4) is 0 Å². The first kappa shape index (κ1) is 20.2. The molecule has 0 saturated carbocycles. The second kappa shape index (κ2) is 7.80. The van der Waals surface area contributed by atoms with E-state index in [-0.39, 0.29) is 17.9 Å². The molecule has 10 heteroatoms. The van der Waals surface area contributed by atoms with Gasteiger partial charge in [0.15, 0.2) is 0 Å². The zero-order valence-corrected chi connectivity index (χ0v) is 16.8. The van der Waals surface area contributed by atoms with Gasteiger partial charge in [0.2, 0.25) is 0 Å². The molecule has 0 aliphatic rings. The van der Waals surface area contributed by atoms with E-state index in [9.17, 15) is 16.8 Å². The fraction of sp³-hybridized carbons (Fsp3) is 0.353. The Balaban J connectivity index is 1.95. The van der Waals surface area contributed by atoms with E-state index in [4.69, 9.17) is 9.11 Å². The van der Waals surface area contributed by atoms with Gasteiger partial charge in [-0.25, -0.2) is 4.98 Å². The minimum Gasteiger partial charge on any atom is -0.286 e. The molecule has 1 aromatic heterocycles. The number of thiazole rings is 1. The van der Waals surface area contributed by atoms with Gasteiger partial charge in [0.1, 0.15) is 0 Å². The van der Waals surface area contributed by atoms with Gasteiger partial charge in [0, 0.05) is 11.8 Å². The fourth-order valence-corrected chi connectivity index (χ4v) is 5.18. The smallest absolute Gasteiger partial charge is 0.264 e. The third kappa shape index (κ3) is 5.45. The van der Waals surface area contributed by atoms with Crippen LogP contribution < -0.4 is 0 Å². The Morgan fingerprint density at radius 3 is 2.22 bits per heavy atom. The predicted octanol–water partition coefficient (Wildman–Crippen LogP) is 3.09. The lowest BCUT2D eigenvalue weighted by atomic mass is 10.0. The van der Waals surface area contributed by atoms with E-state index in [2.05, 4.69) is 4.98 Å². The highest BCUT2D eigenvalue weighted by Crippen LogP contribution is 2.34. The molecule has 0 radical (unpaired) electrons. The standard InChI is InChI=1S/C17H19NO6S3/c19-26(20,21)9-3-6-13-11-12-5-1-2-7-14(12)16-17(13)25-15(18-16)8-4-10-27(22,23)24/h1-2,5,7,11H,3-4,6,8-10H2,(H,19,20,21)(H,22,23,24). The Hall–Kier alpha value is -1.59. The van der Waals surface area contributed by atoms with Crippen molar-refractivity contribution in [2.45, 2.75) is 25.7 Å². The van der Waals surface area contributed by atoms with E-state index in [1.807, 2.05) is 30.3 Å². The van der Waals surface area contributed by atoms with E-state index >= 15 is 0 Å². The number of benzene rings is 2. The lowest BCUT2D eigenvalue weighted by Gasteiger charge is -2.06. The molecular formula is C17H19NO6S3.